The van der Waals surface area contributed by atoms with Crippen LogP contribution >= 0.6 is 0 Å². The summed E-state index contributed by atoms with van der Waals surface area (Å²) < 4.78 is 0. The highest BCUT2D eigenvalue weighted by molar-refractivity contribution is 5.87. The molecule has 2 nitrogen and oxygen atoms in total. The molecule has 4 rings (SSSR count). The van der Waals surface area contributed by atoms with Crippen LogP contribution in [0.25, 0.3) is 0 Å². The van der Waals surface area contributed by atoms with Crippen molar-refractivity contribution in [3.05, 3.63) is 0 Å². The summed E-state index contributed by atoms with van der Waals surface area (Å²) in [5.74, 6) is 4.12. The van der Waals surface area contributed by atoms with Crippen molar-refractivity contribution >= 4 is 11.6 Å². The lowest BCUT2D eigenvalue weighted by Gasteiger charge is -2.60. The van der Waals surface area contributed by atoms with Gasteiger partial charge in [0.05, 0.1) is 0 Å². The molecule has 0 amide bonds. The van der Waals surface area contributed by atoms with Crippen molar-refractivity contribution in [3.63, 3.8) is 0 Å². The Morgan fingerprint density at radius 2 is 1.70 bits per heavy atom. The normalized spacial score (nSPS) is 52.7. The molecule has 0 radical (unpaired) electrons. The molecular weight excluding hydrogens is 284 g/mol. The lowest BCUT2D eigenvalue weighted by atomic mass is 9.43. The molecule has 0 aliphatic heterocycles. The van der Waals surface area contributed by atoms with Crippen LogP contribution in [0.1, 0.15) is 78.6 Å². The van der Waals surface area contributed by atoms with Crippen LogP contribution < -0.4 is 0 Å². The van der Waals surface area contributed by atoms with Gasteiger partial charge in [-0.3, -0.25) is 9.59 Å². The smallest absolute Gasteiger partial charge is 0.139 e. The van der Waals surface area contributed by atoms with Gasteiger partial charge in [-0.15, -0.1) is 0 Å². The van der Waals surface area contributed by atoms with E-state index in [9.17, 15) is 9.59 Å². The molecule has 0 aromatic heterocycles. The molecule has 0 bridgehead atoms. The summed E-state index contributed by atoms with van der Waals surface area (Å²) in [5, 5.41) is 0. The molecule has 0 N–H and O–H groups in total. The second-order valence-corrected chi connectivity index (χ2v) is 9.47. The van der Waals surface area contributed by atoms with Gasteiger partial charge in [0.25, 0.3) is 0 Å². The Labute approximate surface area is 140 Å². The molecule has 0 saturated heterocycles. The number of Topliss-reactive ketones (excluding diaryl/α,β-unsaturated/α-hetero) is 2. The van der Waals surface area contributed by atoms with Gasteiger partial charge in [-0.25, -0.2) is 0 Å². The van der Waals surface area contributed by atoms with Crippen LogP contribution in [0, 0.1) is 40.4 Å². The van der Waals surface area contributed by atoms with Crippen molar-refractivity contribution in [2.75, 3.05) is 0 Å². The molecule has 0 aromatic rings. The van der Waals surface area contributed by atoms with E-state index in [4.69, 9.17) is 0 Å². The second kappa shape index (κ2) is 5.17. The summed E-state index contributed by atoms with van der Waals surface area (Å²) in [6, 6.07) is 0. The maximum absolute atomic E-state index is 12.5. The highest BCUT2D eigenvalue weighted by atomic mass is 16.1. The number of ketones is 2. The topological polar surface area (TPSA) is 34.1 Å². The Hall–Kier alpha value is -0.660. The predicted molar refractivity (Wildman–Crippen MR) is 90.9 cm³/mol. The monoisotopic (exact) mass is 316 g/mol. The van der Waals surface area contributed by atoms with Crippen molar-refractivity contribution in [3.8, 4) is 0 Å². The Morgan fingerprint density at radius 3 is 2.43 bits per heavy atom. The molecule has 2 unspecified atom stereocenters. The van der Waals surface area contributed by atoms with E-state index in [0.29, 0.717) is 34.7 Å². The molecule has 4 saturated carbocycles. The number of hydrogen-bond acceptors (Lipinski definition) is 2. The Balaban J connectivity index is 1.66. The molecular formula is C21H32O2. The fourth-order valence-electron chi connectivity index (χ4n) is 7.60. The first-order valence-corrected chi connectivity index (χ1v) is 9.98. The average molecular weight is 316 g/mol. The maximum Gasteiger partial charge on any atom is 0.139 e. The van der Waals surface area contributed by atoms with E-state index >= 15 is 0 Å². The first kappa shape index (κ1) is 15.8. The number of fused-ring (bicyclic) bond motifs is 5. The number of hydrogen-bond donors (Lipinski definition) is 0. The summed E-state index contributed by atoms with van der Waals surface area (Å²) >= 11 is 0. The first-order chi connectivity index (χ1) is 10.9. The predicted octanol–water partition coefficient (Wildman–Crippen LogP) is 4.80. The van der Waals surface area contributed by atoms with Crippen molar-refractivity contribution < 1.29 is 9.59 Å². The van der Waals surface area contributed by atoms with Crippen LogP contribution in [0.4, 0.5) is 0 Å². The SMILES string of the molecule is CCC1C(=O)CC[C@@]2(C)C1CC[C@@H]1[C@@H]2CC[C@]2(C)C(=O)CC[C@@H]12. The van der Waals surface area contributed by atoms with Crippen molar-refractivity contribution in [2.45, 2.75) is 78.6 Å². The van der Waals surface area contributed by atoms with Gasteiger partial charge in [-0.2, -0.15) is 0 Å². The number of carbonyl (C=O) groups excluding carboxylic acids is 2. The van der Waals surface area contributed by atoms with Crippen LogP contribution in [0.15, 0.2) is 0 Å². The molecule has 4 fully saturated rings. The first-order valence-electron chi connectivity index (χ1n) is 9.98. The molecule has 4 aliphatic rings. The van der Waals surface area contributed by atoms with Crippen LogP contribution in [-0.4, -0.2) is 11.6 Å². The van der Waals surface area contributed by atoms with Gasteiger partial charge in [0.15, 0.2) is 0 Å². The number of rotatable bonds is 1. The van der Waals surface area contributed by atoms with Gasteiger partial charge < -0.3 is 0 Å². The molecule has 7 atom stereocenters. The molecule has 2 heteroatoms. The third-order valence-electron chi connectivity index (χ3n) is 8.90. The van der Waals surface area contributed by atoms with Gasteiger partial charge in [0.1, 0.15) is 11.6 Å². The lowest BCUT2D eigenvalue weighted by Crippen LogP contribution is -2.55. The van der Waals surface area contributed by atoms with Crippen LogP contribution in [-0.2, 0) is 9.59 Å². The summed E-state index contributed by atoms with van der Waals surface area (Å²) in [6.45, 7) is 6.97. The molecule has 0 heterocycles. The second-order valence-electron chi connectivity index (χ2n) is 9.47. The highest BCUT2D eigenvalue weighted by Crippen LogP contribution is 2.66. The molecule has 0 aromatic carbocycles. The number of carbonyl (C=O) groups is 2. The van der Waals surface area contributed by atoms with Gasteiger partial charge in [0.2, 0.25) is 0 Å². The zero-order valence-electron chi connectivity index (χ0n) is 15.1. The largest absolute Gasteiger partial charge is 0.299 e. The van der Waals surface area contributed by atoms with E-state index in [1.807, 2.05) is 0 Å². The minimum atomic E-state index is -0.0149. The van der Waals surface area contributed by atoms with E-state index in [1.54, 1.807) is 0 Å². The standard InChI is InChI=1S/C21H32O2/c1-4-13-15-6-5-14-16-7-8-19(23)21(16,3)11-9-17(14)20(15,2)12-10-18(13)22/h13-17H,4-12H2,1-3H3/t13?,14-,15?,16-,17-,20-,21-/m0/s1. The average Bonchev–Trinajstić information content (AvgIpc) is 2.83. The van der Waals surface area contributed by atoms with E-state index < -0.39 is 0 Å². The summed E-state index contributed by atoms with van der Waals surface area (Å²) in [7, 11) is 0. The van der Waals surface area contributed by atoms with Crippen molar-refractivity contribution in [1.82, 2.24) is 0 Å². The van der Waals surface area contributed by atoms with Gasteiger partial charge >= 0.3 is 0 Å². The van der Waals surface area contributed by atoms with Gasteiger partial charge in [0, 0.05) is 24.2 Å². The summed E-state index contributed by atoms with van der Waals surface area (Å²) in [6.07, 6.45) is 9.70. The van der Waals surface area contributed by atoms with Crippen LogP contribution in [0.3, 0.4) is 0 Å². The van der Waals surface area contributed by atoms with Gasteiger partial charge in [-0.1, -0.05) is 20.8 Å². The summed E-state index contributed by atoms with van der Waals surface area (Å²) in [4.78, 5) is 24.9. The molecule has 4 aliphatic carbocycles. The quantitative estimate of drug-likeness (QED) is 0.696. The van der Waals surface area contributed by atoms with E-state index in [0.717, 1.165) is 50.4 Å². The zero-order chi connectivity index (χ0) is 16.4. The van der Waals surface area contributed by atoms with E-state index in [2.05, 4.69) is 20.8 Å². The highest BCUT2D eigenvalue weighted by Gasteiger charge is 2.61. The Kier molecular flexibility index (Phi) is 3.56. The maximum atomic E-state index is 12.5. The minimum absolute atomic E-state index is 0.0149. The Bertz CT molecular complexity index is 538. The lowest BCUT2D eigenvalue weighted by molar-refractivity contribution is -0.153. The fraction of sp³-hybridized carbons (Fsp3) is 0.905. The minimum Gasteiger partial charge on any atom is -0.299 e. The molecule has 0 spiro atoms. The Morgan fingerprint density at radius 1 is 0.913 bits per heavy atom. The van der Waals surface area contributed by atoms with E-state index in [-0.39, 0.29) is 5.41 Å². The summed E-state index contributed by atoms with van der Waals surface area (Å²) in [5.41, 5.74) is 0.337. The molecule has 128 valence electrons. The molecule has 23 heavy (non-hydrogen) atoms. The zero-order valence-corrected chi connectivity index (χ0v) is 15.1. The fourth-order valence-corrected chi connectivity index (χ4v) is 7.60. The van der Waals surface area contributed by atoms with Crippen LogP contribution in [0.2, 0.25) is 0 Å². The van der Waals surface area contributed by atoms with Crippen LogP contribution in [0.5, 0.6) is 0 Å². The van der Waals surface area contributed by atoms with E-state index in [1.165, 1.54) is 19.3 Å². The third kappa shape index (κ3) is 1.99. The van der Waals surface area contributed by atoms with Gasteiger partial charge in [-0.05, 0) is 74.0 Å². The van der Waals surface area contributed by atoms with Crippen molar-refractivity contribution in [2.24, 2.45) is 40.4 Å². The third-order valence-corrected chi connectivity index (χ3v) is 8.90. The van der Waals surface area contributed by atoms with Crippen molar-refractivity contribution in [1.29, 1.82) is 0 Å².